The Morgan fingerprint density at radius 2 is 1.69 bits per heavy atom. The van der Waals surface area contributed by atoms with Gasteiger partial charge in [0.1, 0.15) is 6.04 Å². The molecular formula is C24H31N3O4S. The Morgan fingerprint density at radius 1 is 1.03 bits per heavy atom. The molecule has 32 heavy (non-hydrogen) atoms. The first kappa shape index (κ1) is 23.9. The predicted molar refractivity (Wildman–Crippen MR) is 125 cm³/mol. The fraction of sp³-hybridized carbons (Fsp3) is 0.417. The van der Waals surface area contributed by atoms with Gasteiger partial charge in [-0.1, -0.05) is 49.7 Å². The summed E-state index contributed by atoms with van der Waals surface area (Å²) >= 11 is 0. The van der Waals surface area contributed by atoms with E-state index in [-0.39, 0.29) is 35.1 Å². The van der Waals surface area contributed by atoms with Crippen molar-refractivity contribution in [3.05, 3.63) is 60.2 Å². The average molecular weight is 458 g/mol. The summed E-state index contributed by atoms with van der Waals surface area (Å²) in [6, 6.07) is 14.8. The number of carbonyl (C=O) groups is 2. The lowest BCUT2D eigenvalue weighted by atomic mass is 9.95. The SMILES string of the molecule is Cc1ccc(S(=O)(=O)N[C@@H](C(=O)N2CCC[C@H](C(=O)Nc3ccccc3)C2)C(C)C)cc1. The molecule has 1 aliphatic heterocycles. The lowest BCUT2D eigenvalue weighted by molar-refractivity contribution is -0.137. The van der Waals surface area contributed by atoms with E-state index in [0.29, 0.717) is 25.1 Å². The second-order valence-electron chi connectivity index (χ2n) is 8.63. The number of para-hydroxylation sites is 1. The van der Waals surface area contributed by atoms with Crippen LogP contribution in [0.2, 0.25) is 0 Å². The van der Waals surface area contributed by atoms with E-state index in [1.54, 1.807) is 17.0 Å². The van der Waals surface area contributed by atoms with Crippen molar-refractivity contribution in [2.45, 2.75) is 44.6 Å². The number of amides is 2. The molecule has 0 aromatic heterocycles. The van der Waals surface area contributed by atoms with E-state index >= 15 is 0 Å². The van der Waals surface area contributed by atoms with Crippen LogP contribution in [0.25, 0.3) is 0 Å². The molecule has 2 atom stereocenters. The molecule has 0 bridgehead atoms. The minimum Gasteiger partial charge on any atom is -0.341 e. The van der Waals surface area contributed by atoms with Crippen molar-refractivity contribution in [1.29, 1.82) is 0 Å². The van der Waals surface area contributed by atoms with Gasteiger partial charge in [-0.3, -0.25) is 9.59 Å². The number of nitrogens with one attached hydrogen (secondary N) is 2. The van der Waals surface area contributed by atoms with Crippen LogP contribution in [0.3, 0.4) is 0 Å². The van der Waals surface area contributed by atoms with Crippen molar-refractivity contribution in [2.75, 3.05) is 18.4 Å². The van der Waals surface area contributed by atoms with Crippen molar-refractivity contribution < 1.29 is 18.0 Å². The highest BCUT2D eigenvalue weighted by atomic mass is 32.2. The lowest BCUT2D eigenvalue weighted by Gasteiger charge is -2.35. The molecule has 1 fully saturated rings. The standard InChI is InChI=1S/C24H31N3O4S/c1-17(2)22(26-32(30,31)21-13-11-18(3)12-14-21)24(29)27-15-7-8-19(16-27)23(28)25-20-9-5-4-6-10-20/h4-6,9-14,17,19,22,26H,7-8,15-16H2,1-3H3,(H,25,28)/t19-,22+/m0/s1. The highest BCUT2D eigenvalue weighted by molar-refractivity contribution is 7.89. The van der Waals surface area contributed by atoms with E-state index < -0.39 is 16.1 Å². The summed E-state index contributed by atoms with van der Waals surface area (Å²) in [5, 5.41) is 2.90. The van der Waals surface area contributed by atoms with Crippen LogP contribution in [0.4, 0.5) is 5.69 Å². The molecule has 2 amide bonds. The normalized spacial score (nSPS) is 17.8. The van der Waals surface area contributed by atoms with Crippen LogP contribution in [-0.4, -0.2) is 44.3 Å². The van der Waals surface area contributed by atoms with Gasteiger partial charge < -0.3 is 10.2 Å². The highest BCUT2D eigenvalue weighted by Gasteiger charge is 2.35. The van der Waals surface area contributed by atoms with E-state index in [1.165, 1.54) is 12.1 Å². The molecule has 8 heteroatoms. The summed E-state index contributed by atoms with van der Waals surface area (Å²) in [6.45, 7) is 6.27. The largest absolute Gasteiger partial charge is 0.341 e. The molecule has 3 rings (SSSR count). The molecule has 0 spiro atoms. The van der Waals surface area contributed by atoms with E-state index in [9.17, 15) is 18.0 Å². The van der Waals surface area contributed by atoms with Gasteiger partial charge in [-0.15, -0.1) is 0 Å². The number of likely N-dealkylation sites (tertiary alicyclic amines) is 1. The van der Waals surface area contributed by atoms with Crippen LogP contribution in [0.5, 0.6) is 0 Å². The van der Waals surface area contributed by atoms with Crippen LogP contribution >= 0.6 is 0 Å². The minimum absolute atomic E-state index is 0.125. The van der Waals surface area contributed by atoms with Gasteiger partial charge in [0.15, 0.2) is 0 Å². The van der Waals surface area contributed by atoms with Gasteiger partial charge in [0, 0.05) is 18.8 Å². The quantitative estimate of drug-likeness (QED) is 0.668. The number of carbonyl (C=O) groups excluding carboxylic acids is 2. The Balaban J connectivity index is 1.70. The summed E-state index contributed by atoms with van der Waals surface area (Å²) in [5.41, 5.74) is 1.67. The number of benzene rings is 2. The molecule has 1 aliphatic rings. The maximum absolute atomic E-state index is 13.3. The zero-order chi connectivity index (χ0) is 23.3. The van der Waals surface area contributed by atoms with Crippen LogP contribution in [0.15, 0.2) is 59.5 Å². The Bertz CT molecular complexity index is 1040. The predicted octanol–water partition coefficient (Wildman–Crippen LogP) is 3.18. The lowest BCUT2D eigenvalue weighted by Crippen LogP contribution is -2.54. The molecule has 1 heterocycles. The molecule has 2 aromatic carbocycles. The number of piperidine rings is 1. The average Bonchev–Trinajstić information content (AvgIpc) is 2.78. The molecule has 0 radical (unpaired) electrons. The van der Waals surface area contributed by atoms with Gasteiger partial charge in [-0.2, -0.15) is 4.72 Å². The van der Waals surface area contributed by atoms with E-state index in [4.69, 9.17) is 0 Å². The van der Waals surface area contributed by atoms with Gasteiger partial charge in [0.2, 0.25) is 21.8 Å². The molecule has 0 saturated carbocycles. The molecule has 0 unspecified atom stereocenters. The number of hydrogen-bond acceptors (Lipinski definition) is 4. The third kappa shape index (κ3) is 5.95. The van der Waals surface area contributed by atoms with Gasteiger partial charge in [-0.05, 0) is 49.9 Å². The topological polar surface area (TPSA) is 95.6 Å². The Morgan fingerprint density at radius 3 is 2.31 bits per heavy atom. The summed E-state index contributed by atoms with van der Waals surface area (Å²) in [7, 11) is -3.85. The minimum atomic E-state index is -3.85. The summed E-state index contributed by atoms with van der Waals surface area (Å²) in [6.07, 6.45) is 1.37. The van der Waals surface area contributed by atoms with E-state index in [1.807, 2.05) is 51.1 Å². The van der Waals surface area contributed by atoms with Crippen molar-refractivity contribution in [3.63, 3.8) is 0 Å². The number of aryl methyl sites for hydroxylation is 1. The number of rotatable bonds is 7. The fourth-order valence-electron chi connectivity index (χ4n) is 3.78. The molecule has 172 valence electrons. The van der Waals surface area contributed by atoms with E-state index in [0.717, 1.165) is 5.56 Å². The summed E-state index contributed by atoms with van der Waals surface area (Å²) < 4.78 is 28.3. The Hall–Kier alpha value is -2.71. The molecule has 7 nitrogen and oxygen atoms in total. The Kier molecular flexibility index (Phi) is 7.69. The van der Waals surface area contributed by atoms with E-state index in [2.05, 4.69) is 10.0 Å². The van der Waals surface area contributed by atoms with Crippen LogP contribution < -0.4 is 10.0 Å². The van der Waals surface area contributed by atoms with Gasteiger partial charge in [0.25, 0.3) is 0 Å². The monoisotopic (exact) mass is 457 g/mol. The molecule has 1 saturated heterocycles. The zero-order valence-electron chi connectivity index (χ0n) is 18.7. The maximum Gasteiger partial charge on any atom is 0.241 e. The zero-order valence-corrected chi connectivity index (χ0v) is 19.6. The Labute approximate surface area is 190 Å². The molecular weight excluding hydrogens is 426 g/mol. The number of hydrogen-bond donors (Lipinski definition) is 2. The molecule has 2 N–H and O–H groups in total. The molecule has 0 aliphatic carbocycles. The second-order valence-corrected chi connectivity index (χ2v) is 10.3. The van der Waals surface area contributed by atoms with Gasteiger partial charge in [0.05, 0.1) is 10.8 Å². The molecule has 2 aromatic rings. The number of sulfonamides is 1. The second kappa shape index (κ2) is 10.3. The number of nitrogens with zero attached hydrogens (tertiary/aromatic N) is 1. The summed E-state index contributed by atoms with van der Waals surface area (Å²) in [5.74, 6) is -1.02. The van der Waals surface area contributed by atoms with Crippen LogP contribution in [0, 0.1) is 18.8 Å². The van der Waals surface area contributed by atoms with Crippen LogP contribution in [0.1, 0.15) is 32.3 Å². The van der Waals surface area contributed by atoms with Gasteiger partial charge >= 0.3 is 0 Å². The first-order chi connectivity index (χ1) is 15.2. The third-order valence-corrected chi connectivity index (χ3v) is 7.15. The summed E-state index contributed by atoms with van der Waals surface area (Å²) in [4.78, 5) is 27.8. The number of anilines is 1. The van der Waals surface area contributed by atoms with Crippen molar-refractivity contribution >= 4 is 27.5 Å². The van der Waals surface area contributed by atoms with Crippen molar-refractivity contribution in [3.8, 4) is 0 Å². The van der Waals surface area contributed by atoms with Crippen LogP contribution in [-0.2, 0) is 19.6 Å². The fourth-order valence-corrected chi connectivity index (χ4v) is 5.12. The van der Waals surface area contributed by atoms with Crippen molar-refractivity contribution in [2.24, 2.45) is 11.8 Å². The van der Waals surface area contributed by atoms with Gasteiger partial charge in [-0.25, -0.2) is 8.42 Å². The first-order valence-corrected chi connectivity index (χ1v) is 12.4. The smallest absolute Gasteiger partial charge is 0.241 e. The maximum atomic E-state index is 13.3. The van der Waals surface area contributed by atoms with Crippen molar-refractivity contribution in [1.82, 2.24) is 9.62 Å². The highest BCUT2D eigenvalue weighted by Crippen LogP contribution is 2.21. The third-order valence-electron chi connectivity index (χ3n) is 5.69. The first-order valence-electron chi connectivity index (χ1n) is 10.9.